The van der Waals surface area contributed by atoms with Gasteiger partial charge in [-0.15, -0.1) is 0 Å². The summed E-state index contributed by atoms with van der Waals surface area (Å²) in [6.07, 6.45) is 3.19. The van der Waals surface area contributed by atoms with Crippen LogP contribution in [0.3, 0.4) is 0 Å². The van der Waals surface area contributed by atoms with Gasteiger partial charge in [0.05, 0.1) is 12.3 Å². The molecule has 0 bridgehead atoms. The molecule has 0 spiro atoms. The van der Waals surface area contributed by atoms with Gasteiger partial charge in [0.2, 0.25) is 5.91 Å². The second-order valence-electron chi connectivity index (χ2n) is 4.42. The fourth-order valence-corrected chi connectivity index (χ4v) is 1.83. The molecule has 0 aliphatic rings. The molecule has 0 heterocycles. The standard InChI is InChI=1S/C17H18N2O2/c1-2-21-16-10-8-13(12-15(16)18)9-11-17(20)19-14-6-4-3-5-7-14/h3-12H,2,18H2,1H3,(H,19,20)/b11-9-. The minimum absolute atomic E-state index is 0.186. The van der Waals surface area contributed by atoms with Gasteiger partial charge < -0.3 is 15.8 Å². The molecule has 2 aromatic rings. The van der Waals surface area contributed by atoms with Crippen molar-refractivity contribution in [2.24, 2.45) is 0 Å². The maximum Gasteiger partial charge on any atom is 0.248 e. The van der Waals surface area contributed by atoms with Gasteiger partial charge >= 0.3 is 0 Å². The summed E-state index contributed by atoms with van der Waals surface area (Å²) in [4.78, 5) is 11.8. The molecular weight excluding hydrogens is 264 g/mol. The molecule has 0 saturated carbocycles. The first-order valence-corrected chi connectivity index (χ1v) is 6.75. The SMILES string of the molecule is CCOc1ccc(/C=C\C(=O)Nc2ccccc2)cc1N. The summed E-state index contributed by atoms with van der Waals surface area (Å²) in [6.45, 7) is 2.47. The molecule has 0 aliphatic carbocycles. The van der Waals surface area contributed by atoms with Crippen LogP contribution in [0.5, 0.6) is 5.75 Å². The van der Waals surface area contributed by atoms with Crippen molar-refractivity contribution in [2.75, 3.05) is 17.7 Å². The highest BCUT2D eigenvalue weighted by Gasteiger charge is 2.00. The highest BCUT2D eigenvalue weighted by atomic mass is 16.5. The van der Waals surface area contributed by atoms with Crippen LogP contribution >= 0.6 is 0 Å². The number of para-hydroxylation sites is 1. The van der Waals surface area contributed by atoms with Crippen LogP contribution in [0.1, 0.15) is 12.5 Å². The van der Waals surface area contributed by atoms with Crippen molar-refractivity contribution in [3.63, 3.8) is 0 Å². The summed E-state index contributed by atoms with van der Waals surface area (Å²) in [7, 11) is 0. The third kappa shape index (κ3) is 4.38. The zero-order chi connectivity index (χ0) is 15.1. The number of carbonyl (C=O) groups is 1. The molecule has 0 unspecified atom stereocenters. The number of hydrogen-bond acceptors (Lipinski definition) is 3. The van der Waals surface area contributed by atoms with Crippen LogP contribution < -0.4 is 15.8 Å². The maximum absolute atomic E-state index is 11.8. The minimum Gasteiger partial charge on any atom is -0.492 e. The monoisotopic (exact) mass is 282 g/mol. The number of hydrogen-bond donors (Lipinski definition) is 2. The lowest BCUT2D eigenvalue weighted by molar-refractivity contribution is -0.111. The lowest BCUT2D eigenvalue weighted by Crippen LogP contribution is -2.07. The molecule has 4 nitrogen and oxygen atoms in total. The van der Waals surface area contributed by atoms with Crippen LogP contribution in [-0.4, -0.2) is 12.5 Å². The van der Waals surface area contributed by atoms with E-state index in [2.05, 4.69) is 5.32 Å². The number of amides is 1. The van der Waals surface area contributed by atoms with E-state index in [0.29, 0.717) is 18.0 Å². The first-order valence-electron chi connectivity index (χ1n) is 6.75. The largest absolute Gasteiger partial charge is 0.492 e. The Morgan fingerprint density at radius 1 is 1.24 bits per heavy atom. The molecule has 2 aromatic carbocycles. The third-order valence-electron chi connectivity index (χ3n) is 2.80. The van der Waals surface area contributed by atoms with Gasteiger partial charge in [-0.2, -0.15) is 0 Å². The van der Waals surface area contributed by atoms with Gasteiger partial charge in [-0.1, -0.05) is 24.3 Å². The van der Waals surface area contributed by atoms with Crippen LogP contribution in [0, 0.1) is 0 Å². The molecule has 108 valence electrons. The number of benzene rings is 2. The molecule has 0 atom stereocenters. The second kappa shape index (κ2) is 7.14. The van der Waals surface area contributed by atoms with Gasteiger partial charge in [-0.3, -0.25) is 4.79 Å². The molecule has 21 heavy (non-hydrogen) atoms. The Hall–Kier alpha value is -2.75. The Balaban J connectivity index is 2.00. The number of nitrogen functional groups attached to an aromatic ring is 1. The molecular formula is C17H18N2O2. The van der Waals surface area contributed by atoms with Crippen molar-refractivity contribution in [1.29, 1.82) is 0 Å². The Labute approximate surface area is 124 Å². The van der Waals surface area contributed by atoms with Crippen LogP contribution in [0.15, 0.2) is 54.6 Å². The van der Waals surface area contributed by atoms with Crippen LogP contribution in [0.25, 0.3) is 6.08 Å². The zero-order valence-electron chi connectivity index (χ0n) is 11.9. The van der Waals surface area contributed by atoms with Crippen molar-refractivity contribution < 1.29 is 9.53 Å². The highest BCUT2D eigenvalue weighted by Crippen LogP contribution is 2.23. The number of ether oxygens (including phenoxy) is 1. The lowest BCUT2D eigenvalue weighted by atomic mass is 10.1. The summed E-state index contributed by atoms with van der Waals surface area (Å²) in [5.74, 6) is 0.469. The van der Waals surface area contributed by atoms with E-state index in [1.54, 1.807) is 18.2 Å². The summed E-state index contributed by atoms with van der Waals surface area (Å²) >= 11 is 0. The summed E-state index contributed by atoms with van der Waals surface area (Å²) in [5, 5.41) is 2.78. The summed E-state index contributed by atoms with van der Waals surface area (Å²) in [6, 6.07) is 14.7. The third-order valence-corrected chi connectivity index (χ3v) is 2.80. The minimum atomic E-state index is -0.186. The Morgan fingerprint density at radius 2 is 2.00 bits per heavy atom. The van der Waals surface area contributed by atoms with Crippen molar-refractivity contribution in [2.45, 2.75) is 6.92 Å². The van der Waals surface area contributed by atoms with E-state index in [-0.39, 0.29) is 5.91 Å². The van der Waals surface area contributed by atoms with Gasteiger partial charge in [-0.25, -0.2) is 0 Å². The normalized spacial score (nSPS) is 10.5. The fraction of sp³-hybridized carbons (Fsp3) is 0.118. The molecule has 4 heteroatoms. The van der Waals surface area contributed by atoms with Gasteiger partial charge in [-0.05, 0) is 42.8 Å². The van der Waals surface area contributed by atoms with E-state index in [9.17, 15) is 4.79 Å². The van der Waals surface area contributed by atoms with Crippen molar-refractivity contribution in [1.82, 2.24) is 0 Å². The van der Waals surface area contributed by atoms with Crippen molar-refractivity contribution in [3.8, 4) is 5.75 Å². The zero-order valence-corrected chi connectivity index (χ0v) is 11.9. The topological polar surface area (TPSA) is 64.3 Å². The van der Waals surface area contributed by atoms with Gasteiger partial charge in [0.25, 0.3) is 0 Å². The predicted molar refractivity (Wildman–Crippen MR) is 86.1 cm³/mol. The molecule has 0 radical (unpaired) electrons. The molecule has 0 aliphatic heterocycles. The predicted octanol–water partition coefficient (Wildman–Crippen LogP) is 3.32. The number of anilines is 2. The number of carbonyl (C=O) groups excluding carboxylic acids is 1. The van der Waals surface area contributed by atoms with Crippen molar-refractivity contribution in [3.05, 3.63) is 60.2 Å². The van der Waals surface area contributed by atoms with E-state index >= 15 is 0 Å². The Morgan fingerprint density at radius 3 is 2.67 bits per heavy atom. The molecule has 0 saturated heterocycles. The van der Waals surface area contributed by atoms with Crippen LogP contribution in [-0.2, 0) is 4.79 Å². The van der Waals surface area contributed by atoms with E-state index in [1.807, 2.05) is 43.3 Å². The summed E-state index contributed by atoms with van der Waals surface area (Å²) < 4.78 is 5.37. The number of rotatable bonds is 5. The van der Waals surface area contributed by atoms with Crippen molar-refractivity contribution >= 4 is 23.4 Å². The maximum atomic E-state index is 11.8. The molecule has 0 fully saturated rings. The van der Waals surface area contributed by atoms with Crippen LogP contribution in [0.2, 0.25) is 0 Å². The van der Waals surface area contributed by atoms with Gasteiger partial charge in [0.1, 0.15) is 5.75 Å². The highest BCUT2D eigenvalue weighted by molar-refractivity contribution is 6.01. The van der Waals surface area contributed by atoms with E-state index in [0.717, 1.165) is 11.3 Å². The Bertz CT molecular complexity index is 636. The van der Waals surface area contributed by atoms with Crippen LogP contribution in [0.4, 0.5) is 11.4 Å². The number of nitrogens with one attached hydrogen (secondary N) is 1. The smallest absolute Gasteiger partial charge is 0.248 e. The number of nitrogens with two attached hydrogens (primary N) is 1. The van der Waals surface area contributed by atoms with E-state index in [1.165, 1.54) is 6.08 Å². The molecule has 1 amide bonds. The molecule has 3 N–H and O–H groups in total. The summed E-state index contributed by atoms with van der Waals surface area (Å²) in [5.41, 5.74) is 8.04. The Kier molecular flexibility index (Phi) is 4.99. The van der Waals surface area contributed by atoms with E-state index in [4.69, 9.17) is 10.5 Å². The van der Waals surface area contributed by atoms with Gasteiger partial charge in [0.15, 0.2) is 0 Å². The first-order chi connectivity index (χ1) is 10.2. The van der Waals surface area contributed by atoms with Gasteiger partial charge in [0, 0.05) is 11.8 Å². The lowest BCUT2D eigenvalue weighted by Gasteiger charge is -2.07. The van der Waals surface area contributed by atoms with E-state index < -0.39 is 0 Å². The first kappa shape index (κ1) is 14.7. The molecule has 0 aromatic heterocycles. The quantitative estimate of drug-likeness (QED) is 0.653. The molecule has 2 rings (SSSR count). The average Bonchev–Trinajstić information content (AvgIpc) is 2.49. The fourth-order valence-electron chi connectivity index (χ4n) is 1.83. The second-order valence-corrected chi connectivity index (χ2v) is 4.42. The average molecular weight is 282 g/mol.